The Labute approximate surface area is 85.8 Å². The maximum atomic E-state index is 0. The molecule has 0 aliphatic rings. The van der Waals surface area contributed by atoms with Gasteiger partial charge in [0.15, 0.2) is 17.4 Å². The molecule has 0 aliphatic carbocycles. The van der Waals surface area contributed by atoms with E-state index in [0.29, 0.717) is 0 Å². The molecule has 2 radical (unpaired) electrons. The smallest absolute Gasteiger partial charge is 0 e. The van der Waals surface area contributed by atoms with E-state index in [4.69, 9.17) is 0 Å². The largest absolute Gasteiger partial charge is 0 e. The molecule has 26 valence electrons. The monoisotopic (exact) mass is 306 g/mol. The van der Waals surface area contributed by atoms with Gasteiger partial charge in [-0.3, -0.25) is 0 Å². The van der Waals surface area contributed by atoms with Crippen LogP contribution in [0.4, 0.5) is 0 Å². The van der Waals surface area contributed by atoms with E-state index in [0.717, 1.165) is 0 Å². The predicted octanol–water partition coefficient (Wildman–Crippen LogP) is -2.64. The van der Waals surface area contributed by atoms with Gasteiger partial charge in [0.25, 0.3) is 0 Å². The van der Waals surface area contributed by atoms with Gasteiger partial charge < -0.3 is 0 Å². The standard InChI is InChI=1S/Al.Co.GeH4.La.3H/h;;1H4;;;;. The zero-order valence-electron chi connectivity index (χ0n) is 0.911. The molecule has 0 heterocycles. The molecule has 0 bridgehead atoms. The summed E-state index contributed by atoms with van der Waals surface area (Å²) in [4.78, 5) is 0. The van der Waals surface area contributed by atoms with E-state index in [1.807, 2.05) is 0 Å². The third-order valence-electron chi connectivity index (χ3n) is 0. The van der Waals surface area contributed by atoms with Gasteiger partial charge in [-0.15, -0.1) is 0 Å². The van der Waals surface area contributed by atoms with Crippen LogP contribution < -0.4 is 0 Å². The Bertz CT molecular complexity index is 8.00. The van der Waals surface area contributed by atoms with E-state index >= 15 is 0 Å². The fourth-order valence-corrected chi connectivity index (χ4v) is 0. The molecule has 0 aromatic rings. The van der Waals surface area contributed by atoms with Crippen molar-refractivity contribution in [3.63, 3.8) is 0 Å². The normalized spacial score (nSPS) is 0. The third-order valence-corrected chi connectivity index (χ3v) is 0. The van der Waals surface area contributed by atoms with Crippen LogP contribution >= 0.6 is 0 Å². The Morgan fingerprint density at radius 2 is 1.00 bits per heavy atom. The molecular weight excluding hydrogens is 297 g/mol. The Morgan fingerprint density at radius 3 is 1.00 bits per heavy atom. The molecule has 0 spiro atoms. The van der Waals surface area contributed by atoms with E-state index in [9.17, 15) is 0 Å². The fraction of sp³-hybridized carbons (Fsp3) is 0. The SMILES string of the molecule is [AlH3].[Co].[GeH4].[La]. The summed E-state index contributed by atoms with van der Waals surface area (Å²) >= 11 is 0. The van der Waals surface area contributed by atoms with Crippen molar-refractivity contribution >= 4 is 35.0 Å². The van der Waals surface area contributed by atoms with Crippen molar-refractivity contribution in [1.29, 1.82) is 0 Å². The predicted molar refractivity (Wildman–Crippen MR) is 21.3 cm³/mol. The third kappa shape index (κ3) is 8.84. The number of hydrogen-bond donors (Lipinski definition) is 0. The first-order valence-electron chi connectivity index (χ1n) is 0. The average molecular weight is 304 g/mol. The summed E-state index contributed by atoms with van der Waals surface area (Å²) in [7, 11) is 0. The van der Waals surface area contributed by atoms with Gasteiger partial charge in [0.05, 0.1) is 0 Å². The second-order valence-electron chi connectivity index (χ2n) is 0. The first kappa shape index (κ1) is 29.3. The van der Waals surface area contributed by atoms with Crippen LogP contribution in [0.1, 0.15) is 0 Å². The first-order valence-corrected chi connectivity index (χ1v) is 0. The summed E-state index contributed by atoms with van der Waals surface area (Å²) in [6.07, 6.45) is 0. The molecule has 0 N–H and O–H groups in total. The van der Waals surface area contributed by atoms with E-state index in [1.165, 1.54) is 0 Å². The van der Waals surface area contributed by atoms with Gasteiger partial charge in [-0.05, 0) is 0 Å². The maximum absolute atomic E-state index is 0. The van der Waals surface area contributed by atoms with Crippen LogP contribution in [0.25, 0.3) is 0 Å². The van der Waals surface area contributed by atoms with Crippen LogP contribution in [0.3, 0.4) is 0 Å². The molecule has 4 heavy (non-hydrogen) atoms. The molecule has 0 aliphatic heterocycles. The van der Waals surface area contributed by atoms with Crippen molar-refractivity contribution in [2.24, 2.45) is 0 Å². The fourth-order valence-electron chi connectivity index (χ4n) is 0. The molecule has 0 atom stereocenters. The van der Waals surface area contributed by atoms with Gasteiger partial charge in [-0.25, -0.2) is 0 Å². The Kier molecular flexibility index (Phi) is 125. The minimum atomic E-state index is 0. The van der Waals surface area contributed by atoms with Gasteiger partial charge in [-0.2, -0.15) is 0 Å². The average Bonchev–Trinajstić information content (AvgIpc) is 0. The molecule has 4 heteroatoms. The molecular formula is H7AlCoGeLa. The van der Waals surface area contributed by atoms with E-state index in [-0.39, 0.29) is 87.3 Å². The van der Waals surface area contributed by atoms with E-state index in [1.54, 1.807) is 0 Å². The summed E-state index contributed by atoms with van der Waals surface area (Å²) < 4.78 is 0. The molecule has 0 rings (SSSR count). The van der Waals surface area contributed by atoms with Crippen molar-refractivity contribution in [1.82, 2.24) is 0 Å². The van der Waals surface area contributed by atoms with Gasteiger partial charge in [0.2, 0.25) is 0 Å². The second kappa shape index (κ2) is 17.1. The van der Waals surface area contributed by atoms with Gasteiger partial charge in [0.1, 0.15) is 0 Å². The van der Waals surface area contributed by atoms with Crippen LogP contribution in [0.15, 0.2) is 0 Å². The molecule has 0 fully saturated rings. The summed E-state index contributed by atoms with van der Waals surface area (Å²) in [5, 5.41) is 0. The molecule has 0 aromatic carbocycles. The molecule has 0 unspecified atom stereocenters. The summed E-state index contributed by atoms with van der Waals surface area (Å²) in [6.45, 7) is 0. The number of rotatable bonds is 0. The van der Waals surface area contributed by atoms with Crippen molar-refractivity contribution in [2.75, 3.05) is 0 Å². The van der Waals surface area contributed by atoms with Crippen molar-refractivity contribution < 1.29 is 52.4 Å². The zero-order valence-corrected chi connectivity index (χ0v) is 5.58. The summed E-state index contributed by atoms with van der Waals surface area (Å²) in [6, 6.07) is 0. The Hall–Kier alpha value is 2.78. The maximum Gasteiger partial charge on any atom is 0 e. The van der Waals surface area contributed by atoms with Crippen LogP contribution in [0.2, 0.25) is 0 Å². The second-order valence-corrected chi connectivity index (χ2v) is 0. The topological polar surface area (TPSA) is 0 Å². The van der Waals surface area contributed by atoms with Gasteiger partial charge in [-0.1, -0.05) is 0 Å². The van der Waals surface area contributed by atoms with Gasteiger partial charge in [0, 0.05) is 52.4 Å². The summed E-state index contributed by atoms with van der Waals surface area (Å²) in [5.41, 5.74) is 0. The molecule has 0 amide bonds. The molecule has 0 saturated carbocycles. The Morgan fingerprint density at radius 1 is 1.00 bits per heavy atom. The molecule has 0 saturated heterocycles. The molecule has 0 nitrogen and oxygen atoms in total. The first-order chi connectivity index (χ1) is 0. The zero-order chi connectivity index (χ0) is 0. The van der Waals surface area contributed by atoms with E-state index < -0.39 is 0 Å². The minimum absolute atomic E-state index is 0. The van der Waals surface area contributed by atoms with Crippen LogP contribution in [-0.2, 0) is 16.8 Å². The van der Waals surface area contributed by atoms with Crippen molar-refractivity contribution in [3.8, 4) is 0 Å². The summed E-state index contributed by atoms with van der Waals surface area (Å²) in [5.74, 6) is 0. The minimum Gasteiger partial charge on any atom is 0 e. The van der Waals surface area contributed by atoms with Crippen molar-refractivity contribution in [2.45, 2.75) is 0 Å². The van der Waals surface area contributed by atoms with Gasteiger partial charge >= 0.3 is 17.6 Å². The van der Waals surface area contributed by atoms with Crippen LogP contribution in [0.5, 0.6) is 0 Å². The van der Waals surface area contributed by atoms with Crippen molar-refractivity contribution in [3.05, 3.63) is 0 Å². The number of hydrogen-bond acceptors (Lipinski definition) is 0. The molecule has 0 aromatic heterocycles. The quantitative estimate of drug-likeness (QED) is 0.429. The Balaban J connectivity index is 0. The van der Waals surface area contributed by atoms with Crippen LogP contribution in [0, 0.1) is 35.6 Å². The van der Waals surface area contributed by atoms with Crippen LogP contribution in [-0.4, -0.2) is 35.0 Å². The van der Waals surface area contributed by atoms with E-state index in [2.05, 4.69) is 0 Å².